The first kappa shape index (κ1) is 22.8. The van der Waals surface area contributed by atoms with Crippen LogP contribution in [0.15, 0.2) is 55.1 Å². The van der Waals surface area contributed by atoms with Crippen molar-refractivity contribution in [3.05, 3.63) is 65.7 Å². The highest BCUT2D eigenvalue weighted by atomic mass is 35.5. The van der Waals surface area contributed by atoms with Crippen LogP contribution in [-0.2, 0) is 14.8 Å². The van der Waals surface area contributed by atoms with Gasteiger partial charge < -0.3 is 10.1 Å². The summed E-state index contributed by atoms with van der Waals surface area (Å²) >= 11 is 6.18. The Kier molecular flexibility index (Phi) is 7.70. The molecule has 0 unspecified atom stereocenters. The third-order valence-electron chi connectivity index (χ3n) is 4.21. The van der Waals surface area contributed by atoms with Gasteiger partial charge in [0.05, 0.1) is 11.9 Å². The number of nitrogens with zero attached hydrogens (tertiary/aromatic N) is 1. The Labute approximate surface area is 177 Å². The predicted octanol–water partition coefficient (Wildman–Crippen LogP) is 4.40. The largest absolute Gasteiger partial charge is 0.489 e. The number of hydrogen-bond donors (Lipinski definition) is 1. The molecule has 2 aromatic carbocycles. The molecule has 156 valence electrons. The average molecular weight is 437 g/mol. The van der Waals surface area contributed by atoms with E-state index in [2.05, 4.69) is 11.9 Å². The Morgan fingerprint density at radius 2 is 2.03 bits per heavy atom. The van der Waals surface area contributed by atoms with Gasteiger partial charge in [-0.2, -0.15) is 0 Å². The van der Waals surface area contributed by atoms with E-state index in [1.54, 1.807) is 55.5 Å². The van der Waals surface area contributed by atoms with Crippen LogP contribution in [0.25, 0.3) is 0 Å². The molecule has 2 rings (SSSR count). The fraction of sp³-hybridized carbons (Fsp3) is 0.286. The first-order chi connectivity index (χ1) is 13.7. The summed E-state index contributed by atoms with van der Waals surface area (Å²) < 4.78 is 31.6. The lowest BCUT2D eigenvalue weighted by atomic mass is 10.1. The van der Waals surface area contributed by atoms with Crippen LogP contribution < -0.4 is 14.4 Å². The number of carbonyl (C=O) groups is 1. The molecule has 1 atom stereocenters. The second-order valence-electron chi connectivity index (χ2n) is 6.53. The summed E-state index contributed by atoms with van der Waals surface area (Å²) in [6, 6.07) is 10.8. The summed E-state index contributed by atoms with van der Waals surface area (Å²) in [6.45, 7) is 7.51. The minimum atomic E-state index is -3.74. The minimum absolute atomic E-state index is 0.275. The van der Waals surface area contributed by atoms with Crippen LogP contribution in [0, 0.1) is 6.92 Å². The van der Waals surface area contributed by atoms with Gasteiger partial charge in [0.15, 0.2) is 0 Å². The molecule has 0 aliphatic heterocycles. The molecule has 0 aromatic heterocycles. The van der Waals surface area contributed by atoms with Crippen molar-refractivity contribution in [2.75, 3.05) is 22.5 Å². The maximum Gasteiger partial charge on any atom is 0.248 e. The molecule has 0 spiro atoms. The topological polar surface area (TPSA) is 75.7 Å². The van der Waals surface area contributed by atoms with Crippen LogP contribution in [-0.4, -0.2) is 33.2 Å². The Balaban J connectivity index is 2.33. The Morgan fingerprint density at radius 1 is 1.31 bits per heavy atom. The van der Waals surface area contributed by atoms with Gasteiger partial charge in [-0.1, -0.05) is 43.3 Å². The zero-order valence-electron chi connectivity index (χ0n) is 16.7. The molecule has 0 bridgehead atoms. The van der Waals surface area contributed by atoms with Crippen LogP contribution in [0.1, 0.15) is 18.9 Å². The lowest BCUT2D eigenvalue weighted by Gasteiger charge is -2.30. The number of hydrogen-bond acceptors (Lipinski definition) is 4. The van der Waals surface area contributed by atoms with Crippen molar-refractivity contribution in [2.24, 2.45) is 0 Å². The summed E-state index contributed by atoms with van der Waals surface area (Å²) in [5.74, 6) is 0.122. The maximum absolute atomic E-state index is 13.0. The van der Waals surface area contributed by atoms with Crippen LogP contribution in [0.3, 0.4) is 0 Å². The molecule has 0 aliphatic carbocycles. The van der Waals surface area contributed by atoms with Gasteiger partial charge in [0.1, 0.15) is 18.4 Å². The van der Waals surface area contributed by atoms with Crippen molar-refractivity contribution in [2.45, 2.75) is 26.3 Å². The monoisotopic (exact) mass is 436 g/mol. The highest BCUT2D eigenvalue weighted by molar-refractivity contribution is 7.92. The smallest absolute Gasteiger partial charge is 0.248 e. The van der Waals surface area contributed by atoms with E-state index in [9.17, 15) is 13.2 Å². The Morgan fingerprint density at radius 3 is 2.62 bits per heavy atom. The predicted molar refractivity (Wildman–Crippen MR) is 118 cm³/mol. The van der Waals surface area contributed by atoms with E-state index in [4.69, 9.17) is 16.3 Å². The molecule has 0 radical (unpaired) electrons. The first-order valence-electron chi connectivity index (χ1n) is 9.07. The fourth-order valence-corrected chi connectivity index (χ4v) is 4.20. The van der Waals surface area contributed by atoms with Crippen LogP contribution in [0.4, 0.5) is 11.4 Å². The van der Waals surface area contributed by atoms with Crippen molar-refractivity contribution in [1.82, 2.24) is 0 Å². The minimum Gasteiger partial charge on any atom is -0.489 e. The lowest BCUT2D eigenvalue weighted by Crippen LogP contribution is -2.47. The lowest BCUT2D eigenvalue weighted by molar-refractivity contribution is -0.117. The Hall–Kier alpha value is -2.51. The van der Waals surface area contributed by atoms with Crippen molar-refractivity contribution in [3.63, 3.8) is 0 Å². The number of carbonyl (C=O) groups excluding carboxylic acids is 1. The van der Waals surface area contributed by atoms with E-state index >= 15 is 0 Å². The summed E-state index contributed by atoms with van der Waals surface area (Å²) in [4.78, 5) is 13.0. The van der Waals surface area contributed by atoms with E-state index in [0.29, 0.717) is 28.8 Å². The number of ether oxygens (including phenoxy) is 1. The Bertz CT molecular complexity index is 992. The molecular formula is C21H25ClN2O4S. The van der Waals surface area contributed by atoms with Crippen molar-refractivity contribution in [1.29, 1.82) is 0 Å². The number of nitrogens with one attached hydrogen (secondary N) is 1. The fourth-order valence-electron chi connectivity index (χ4n) is 2.82. The van der Waals surface area contributed by atoms with E-state index in [1.165, 1.54) is 0 Å². The molecule has 0 heterocycles. The quantitative estimate of drug-likeness (QED) is 0.591. The molecule has 6 nitrogen and oxygen atoms in total. The third kappa shape index (κ3) is 5.98. The zero-order chi connectivity index (χ0) is 21.6. The summed E-state index contributed by atoms with van der Waals surface area (Å²) in [7, 11) is -3.74. The summed E-state index contributed by atoms with van der Waals surface area (Å²) in [6.07, 6.45) is 2.96. The molecule has 1 N–H and O–H groups in total. The number of anilines is 2. The van der Waals surface area contributed by atoms with Gasteiger partial charge in [-0.3, -0.25) is 9.10 Å². The number of benzene rings is 2. The number of halogens is 1. The van der Waals surface area contributed by atoms with Gasteiger partial charge in [0, 0.05) is 16.8 Å². The number of aryl methyl sites for hydroxylation is 1. The molecule has 1 amide bonds. The number of rotatable bonds is 9. The molecular weight excluding hydrogens is 412 g/mol. The van der Waals surface area contributed by atoms with E-state index in [-0.39, 0.29) is 6.42 Å². The second-order valence-corrected chi connectivity index (χ2v) is 8.80. The van der Waals surface area contributed by atoms with Crippen molar-refractivity contribution < 1.29 is 17.9 Å². The third-order valence-corrected chi connectivity index (χ3v) is 5.80. The molecule has 8 heteroatoms. The van der Waals surface area contributed by atoms with Crippen LogP contribution >= 0.6 is 11.6 Å². The molecule has 0 aliphatic rings. The van der Waals surface area contributed by atoms with Crippen LogP contribution in [0.2, 0.25) is 5.02 Å². The molecule has 0 saturated carbocycles. The summed E-state index contributed by atoms with van der Waals surface area (Å²) in [5.41, 5.74) is 1.66. The van der Waals surface area contributed by atoms with Crippen molar-refractivity contribution in [3.8, 4) is 5.75 Å². The summed E-state index contributed by atoms with van der Waals surface area (Å²) in [5, 5.41) is 3.20. The first-order valence-corrected chi connectivity index (χ1v) is 11.3. The second kappa shape index (κ2) is 9.80. The van der Waals surface area contributed by atoms with Gasteiger partial charge >= 0.3 is 0 Å². The molecule has 0 fully saturated rings. The van der Waals surface area contributed by atoms with E-state index < -0.39 is 22.0 Å². The van der Waals surface area contributed by atoms with Gasteiger partial charge in [0.25, 0.3) is 0 Å². The van der Waals surface area contributed by atoms with Crippen molar-refractivity contribution >= 4 is 38.9 Å². The number of amides is 1. The van der Waals surface area contributed by atoms with Gasteiger partial charge in [-0.25, -0.2) is 8.42 Å². The van der Waals surface area contributed by atoms with E-state index in [0.717, 1.165) is 16.1 Å². The maximum atomic E-state index is 13.0. The van der Waals surface area contributed by atoms with Gasteiger partial charge in [-0.05, 0) is 43.2 Å². The molecule has 0 saturated heterocycles. The highest BCUT2D eigenvalue weighted by Crippen LogP contribution is 2.28. The van der Waals surface area contributed by atoms with Gasteiger partial charge in [0.2, 0.25) is 15.9 Å². The standard InChI is InChI=1S/C21H25ClN2O4S/c1-5-12-28-18-9-7-8-16(13-18)23-21(25)20(6-2)24(29(4,26)27)17-11-10-15(3)19(22)14-17/h5,7-11,13-14,20H,1,6,12H2,2-4H3,(H,23,25)/t20-/m0/s1. The molecule has 29 heavy (non-hydrogen) atoms. The molecule has 2 aromatic rings. The van der Waals surface area contributed by atoms with Crippen LogP contribution in [0.5, 0.6) is 5.75 Å². The van der Waals surface area contributed by atoms with Gasteiger partial charge in [-0.15, -0.1) is 0 Å². The highest BCUT2D eigenvalue weighted by Gasteiger charge is 2.31. The average Bonchev–Trinajstić information content (AvgIpc) is 2.66. The van der Waals surface area contributed by atoms with E-state index in [1.807, 2.05) is 6.92 Å². The normalized spacial score (nSPS) is 12.1. The number of sulfonamides is 1. The SMILES string of the molecule is C=CCOc1cccc(NC(=O)[C@H](CC)N(c2ccc(C)c(Cl)c2)S(C)(=O)=O)c1. The zero-order valence-corrected chi connectivity index (χ0v) is 18.3.